The number of carbonyl (C=O) groups excluding carboxylic acids is 1. The molecule has 1 fully saturated rings. The molecule has 1 aromatic heterocycles. The van der Waals surface area contributed by atoms with Crippen LogP contribution >= 0.6 is 15.9 Å². The van der Waals surface area contributed by atoms with Crippen LogP contribution in [0.25, 0.3) is 0 Å². The molecule has 0 radical (unpaired) electrons. The van der Waals surface area contributed by atoms with Crippen LogP contribution in [-0.4, -0.2) is 60.4 Å². The fraction of sp³-hybridized carbons (Fsp3) is 0.806. The maximum Gasteiger partial charge on any atom is 0.252 e. The van der Waals surface area contributed by atoms with Gasteiger partial charge in [0.1, 0.15) is 5.82 Å². The van der Waals surface area contributed by atoms with Gasteiger partial charge in [-0.05, 0) is 30.9 Å². The molecule has 1 saturated heterocycles. The number of carbonyl (C=O) groups is 1. The number of piperazine rings is 1. The van der Waals surface area contributed by atoms with Gasteiger partial charge in [-0.15, -0.1) is 0 Å². The average Bonchev–Trinajstić information content (AvgIpc) is 2.90. The molecule has 1 amide bonds. The summed E-state index contributed by atoms with van der Waals surface area (Å²) >= 11 is 3.50. The second-order valence-corrected chi connectivity index (χ2v) is 12.1. The van der Waals surface area contributed by atoms with Crippen molar-refractivity contribution >= 4 is 27.7 Å². The monoisotopic (exact) mass is 578 g/mol. The van der Waals surface area contributed by atoms with E-state index in [-0.39, 0.29) is 5.91 Å². The van der Waals surface area contributed by atoms with Crippen molar-refractivity contribution in [2.75, 3.05) is 49.5 Å². The molecule has 1 N–H and O–H groups in total. The number of alkyl halides is 1. The van der Waals surface area contributed by atoms with E-state index in [2.05, 4.69) is 49.9 Å². The van der Waals surface area contributed by atoms with Gasteiger partial charge in [0, 0.05) is 50.8 Å². The predicted octanol–water partition coefficient (Wildman–Crippen LogP) is 7.84. The molecule has 1 aliphatic heterocycles. The van der Waals surface area contributed by atoms with Crippen molar-refractivity contribution in [3.05, 3.63) is 23.9 Å². The number of rotatable bonds is 21. The molecule has 5 nitrogen and oxygen atoms in total. The number of unbranched alkanes of at least 4 members (excludes halogenated alkanes) is 14. The quantitative estimate of drug-likeness (QED) is 0.119. The first-order valence-electron chi connectivity index (χ1n) is 15.4. The molecule has 6 heteroatoms. The lowest BCUT2D eigenvalue weighted by atomic mass is 10.0. The van der Waals surface area contributed by atoms with Crippen LogP contribution in [0.4, 0.5) is 5.82 Å². The molecule has 2 heterocycles. The Bertz CT molecular complexity index is 689. The summed E-state index contributed by atoms with van der Waals surface area (Å²) in [6, 6.07) is 3.92. The third-order valence-corrected chi connectivity index (χ3v) is 7.99. The summed E-state index contributed by atoms with van der Waals surface area (Å²) in [7, 11) is 0. The normalized spacial score (nSPS) is 14.4. The van der Waals surface area contributed by atoms with Gasteiger partial charge in [-0.1, -0.05) is 113 Å². The number of aromatic nitrogens is 1. The molecular formula is C31H55BrN4O. The van der Waals surface area contributed by atoms with Crippen molar-refractivity contribution in [1.82, 2.24) is 15.2 Å². The molecule has 1 aromatic rings. The molecule has 0 bridgehead atoms. The third-order valence-electron chi connectivity index (χ3n) is 7.43. The molecule has 0 atom stereocenters. The van der Waals surface area contributed by atoms with E-state index in [1.54, 1.807) is 6.20 Å². The van der Waals surface area contributed by atoms with Crippen LogP contribution in [0.1, 0.15) is 121 Å². The maximum atomic E-state index is 12.5. The average molecular weight is 580 g/mol. The van der Waals surface area contributed by atoms with Crippen molar-refractivity contribution in [3.63, 3.8) is 0 Å². The van der Waals surface area contributed by atoms with Crippen LogP contribution < -0.4 is 10.2 Å². The second-order valence-electron chi connectivity index (χ2n) is 11.3. The number of pyridine rings is 1. The van der Waals surface area contributed by atoms with Gasteiger partial charge in [0.05, 0.1) is 5.56 Å². The number of nitrogens with one attached hydrogen (secondary N) is 1. The Morgan fingerprint density at radius 3 is 1.78 bits per heavy atom. The van der Waals surface area contributed by atoms with E-state index in [1.165, 1.54) is 96.4 Å². The van der Waals surface area contributed by atoms with Gasteiger partial charge in [0.25, 0.3) is 5.91 Å². The number of anilines is 1. The summed E-state index contributed by atoms with van der Waals surface area (Å²) < 4.78 is 0. The lowest BCUT2D eigenvalue weighted by molar-refractivity contribution is 0.0952. The molecule has 2 rings (SSSR count). The Labute approximate surface area is 236 Å². The van der Waals surface area contributed by atoms with Crippen LogP contribution in [0.3, 0.4) is 0 Å². The summed E-state index contributed by atoms with van der Waals surface area (Å²) in [6.07, 6.45) is 22.0. The zero-order valence-corrected chi connectivity index (χ0v) is 25.6. The summed E-state index contributed by atoms with van der Waals surface area (Å²) in [5.74, 6) is 1.69. The lowest BCUT2D eigenvalue weighted by Gasteiger charge is -2.36. The van der Waals surface area contributed by atoms with Crippen molar-refractivity contribution in [2.45, 2.75) is 110 Å². The van der Waals surface area contributed by atoms with Crippen molar-refractivity contribution in [1.29, 1.82) is 0 Å². The van der Waals surface area contributed by atoms with Crippen molar-refractivity contribution < 1.29 is 4.79 Å². The number of nitrogens with zero attached hydrogens (tertiary/aromatic N) is 3. The van der Waals surface area contributed by atoms with E-state index in [9.17, 15) is 4.79 Å². The first-order chi connectivity index (χ1) is 18.1. The van der Waals surface area contributed by atoms with Crippen LogP contribution in [0, 0.1) is 5.92 Å². The van der Waals surface area contributed by atoms with Gasteiger partial charge in [-0.3, -0.25) is 9.69 Å². The molecule has 0 aliphatic carbocycles. The Hall–Kier alpha value is -1.14. The van der Waals surface area contributed by atoms with Gasteiger partial charge in [-0.25, -0.2) is 4.98 Å². The fourth-order valence-corrected chi connectivity index (χ4v) is 5.60. The molecule has 0 spiro atoms. The van der Waals surface area contributed by atoms with Crippen LogP contribution in [0.2, 0.25) is 0 Å². The van der Waals surface area contributed by atoms with Gasteiger partial charge >= 0.3 is 0 Å². The highest BCUT2D eigenvalue weighted by molar-refractivity contribution is 9.09. The van der Waals surface area contributed by atoms with E-state index in [1.807, 2.05) is 12.1 Å². The van der Waals surface area contributed by atoms with Gasteiger partial charge < -0.3 is 10.2 Å². The molecule has 0 unspecified atom stereocenters. The fourth-order valence-electron chi connectivity index (χ4n) is 5.20. The summed E-state index contributed by atoms with van der Waals surface area (Å²) in [5.41, 5.74) is 0.664. The largest absolute Gasteiger partial charge is 0.354 e. The molecular weight excluding hydrogens is 524 g/mol. The Morgan fingerprint density at radius 2 is 1.32 bits per heavy atom. The summed E-state index contributed by atoms with van der Waals surface area (Å²) in [5, 5.41) is 4.23. The summed E-state index contributed by atoms with van der Waals surface area (Å²) in [6.45, 7) is 10.6. The van der Waals surface area contributed by atoms with Gasteiger partial charge in [0.2, 0.25) is 0 Å². The SMILES string of the molecule is CC(C)CN1CCN(c2ccc(C(=O)NCCCCCCCCCCCCCCCCCBr)cn2)CC1. The third kappa shape index (κ3) is 15.1. The highest BCUT2D eigenvalue weighted by Gasteiger charge is 2.18. The van der Waals surface area contributed by atoms with E-state index in [0.717, 1.165) is 50.3 Å². The minimum Gasteiger partial charge on any atom is -0.354 e. The van der Waals surface area contributed by atoms with Crippen LogP contribution in [-0.2, 0) is 0 Å². The standard InChI is InChI=1S/C31H55BrN4O/c1-28(2)27-35-22-24-36(25-23-35)30-19-18-29(26-34-30)31(37)33-21-17-15-13-11-9-7-5-3-4-6-8-10-12-14-16-20-32/h18-19,26,28H,3-17,20-25,27H2,1-2H3,(H,33,37). The van der Waals surface area contributed by atoms with E-state index >= 15 is 0 Å². The lowest BCUT2D eigenvalue weighted by Crippen LogP contribution is -2.47. The number of hydrogen-bond donors (Lipinski definition) is 1. The minimum absolute atomic E-state index is 0.000243. The highest BCUT2D eigenvalue weighted by atomic mass is 79.9. The van der Waals surface area contributed by atoms with Crippen LogP contribution in [0.5, 0.6) is 0 Å². The second kappa shape index (κ2) is 20.8. The number of halogens is 1. The first kappa shape index (κ1) is 32.1. The van der Waals surface area contributed by atoms with Crippen molar-refractivity contribution in [3.8, 4) is 0 Å². The first-order valence-corrected chi connectivity index (χ1v) is 16.5. The zero-order valence-electron chi connectivity index (χ0n) is 24.0. The zero-order chi connectivity index (χ0) is 26.6. The maximum absolute atomic E-state index is 12.5. The molecule has 1 aliphatic rings. The molecule has 212 valence electrons. The van der Waals surface area contributed by atoms with Crippen molar-refractivity contribution in [2.24, 2.45) is 5.92 Å². The smallest absolute Gasteiger partial charge is 0.252 e. The summed E-state index contributed by atoms with van der Waals surface area (Å²) in [4.78, 5) is 21.9. The Kier molecular flexibility index (Phi) is 18.0. The van der Waals surface area contributed by atoms with E-state index in [0.29, 0.717) is 11.5 Å². The number of amides is 1. The molecule has 0 aromatic carbocycles. The van der Waals surface area contributed by atoms with Gasteiger partial charge in [0.15, 0.2) is 0 Å². The Morgan fingerprint density at radius 1 is 0.811 bits per heavy atom. The Balaban J connectivity index is 1.41. The molecule has 37 heavy (non-hydrogen) atoms. The molecule has 0 saturated carbocycles. The predicted molar refractivity (Wildman–Crippen MR) is 163 cm³/mol. The highest BCUT2D eigenvalue weighted by Crippen LogP contribution is 2.16. The topological polar surface area (TPSA) is 48.5 Å². The number of hydrogen-bond acceptors (Lipinski definition) is 4. The van der Waals surface area contributed by atoms with E-state index < -0.39 is 0 Å². The van der Waals surface area contributed by atoms with E-state index in [4.69, 9.17) is 0 Å². The van der Waals surface area contributed by atoms with Crippen LogP contribution in [0.15, 0.2) is 18.3 Å². The minimum atomic E-state index is -0.000243. The van der Waals surface area contributed by atoms with Gasteiger partial charge in [-0.2, -0.15) is 0 Å².